The molecular weight excluding hydrogens is 262 g/mol. The molecule has 0 saturated heterocycles. The lowest BCUT2D eigenvalue weighted by atomic mass is 10.1. The van der Waals surface area contributed by atoms with Crippen LogP contribution in [0.4, 0.5) is 5.82 Å². The third-order valence-corrected chi connectivity index (χ3v) is 3.35. The summed E-state index contributed by atoms with van der Waals surface area (Å²) in [6, 6.07) is 3.83. The molecule has 0 aliphatic carbocycles. The molecule has 118 valence electrons. The number of nitrogens with zero attached hydrogens (tertiary/aromatic N) is 2. The number of amides is 1. The second-order valence-corrected chi connectivity index (χ2v) is 5.29. The summed E-state index contributed by atoms with van der Waals surface area (Å²) >= 11 is 0. The minimum absolute atomic E-state index is 0.110. The molecular formula is C17H29N3O. The van der Waals surface area contributed by atoms with Crippen LogP contribution in [0.1, 0.15) is 63.0 Å². The van der Waals surface area contributed by atoms with Gasteiger partial charge in [0.15, 0.2) is 0 Å². The number of aromatic nitrogens is 1. The van der Waals surface area contributed by atoms with Crippen LogP contribution < -0.4 is 5.32 Å². The van der Waals surface area contributed by atoms with E-state index in [-0.39, 0.29) is 5.91 Å². The van der Waals surface area contributed by atoms with Gasteiger partial charge >= 0.3 is 0 Å². The third kappa shape index (κ3) is 5.37. The Morgan fingerprint density at radius 2 is 1.90 bits per heavy atom. The maximum atomic E-state index is 12.6. The molecule has 0 radical (unpaired) electrons. The maximum Gasteiger partial charge on any atom is 0.254 e. The summed E-state index contributed by atoms with van der Waals surface area (Å²) in [4.78, 5) is 19.1. The molecule has 0 atom stereocenters. The van der Waals surface area contributed by atoms with Crippen molar-refractivity contribution in [1.82, 2.24) is 9.88 Å². The molecule has 1 rings (SSSR count). The minimum Gasteiger partial charge on any atom is -0.370 e. The molecule has 4 nitrogen and oxygen atoms in total. The first-order valence-corrected chi connectivity index (χ1v) is 8.20. The Kier molecular flexibility index (Phi) is 7.80. The first-order valence-electron chi connectivity index (χ1n) is 8.20. The lowest BCUT2D eigenvalue weighted by molar-refractivity contribution is 0.0764. The van der Waals surface area contributed by atoms with E-state index in [4.69, 9.17) is 0 Å². The molecule has 1 N–H and O–H groups in total. The highest BCUT2D eigenvalue weighted by Crippen LogP contribution is 2.15. The second kappa shape index (κ2) is 9.37. The Bertz CT molecular complexity index is 446. The molecule has 1 aromatic rings. The van der Waals surface area contributed by atoms with E-state index < -0.39 is 0 Å². The standard InChI is InChI=1S/C17H29N3O/c1-5-9-15-12-14(13-16(19-15)18-10-6-2)17(21)20(8-4)11-7-3/h12-13H,5-11H2,1-4H3,(H,18,19). The highest BCUT2D eigenvalue weighted by molar-refractivity contribution is 5.95. The van der Waals surface area contributed by atoms with E-state index in [9.17, 15) is 4.79 Å². The number of hydrogen-bond acceptors (Lipinski definition) is 3. The molecule has 0 fully saturated rings. The topological polar surface area (TPSA) is 45.2 Å². The summed E-state index contributed by atoms with van der Waals surface area (Å²) < 4.78 is 0. The van der Waals surface area contributed by atoms with Gasteiger partial charge in [-0.15, -0.1) is 0 Å². The molecule has 4 heteroatoms. The molecule has 0 saturated carbocycles. The molecule has 1 amide bonds. The molecule has 0 unspecified atom stereocenters. The largest absolute Gasteiger partial charge is 0.370 e. The van der Waals surface area contributed by atoms with Crippen molar-refractivity contribution in [1.29, 1.82) is 0 Å². The van der Waals surface area contributed by atoms with Gasteiger partial charge < -0.3 is 10.2 Å². The average molecular weight is 291 g/mol. The zero-order valence-corrected chi connectivity index (χ0v) is 13.9. The first-order chi connectivity index (χ1) is 10.2. The summed E-state index contributed by atoms with van der Waals surface area (Å²) in [7, 11) is 0. The number of aryl methyl sites for hydroxylation is 1. The monoisotopic (exact) mass is 291 g/mol. The van der Waals surface area contributed by atoms with Crippen LogP contribution in [-0.2, 0) is 6.42 Å². The predicted octanol–water partition coefficient (Wildman–Crippen LogP) is 3.73. The van der Waals surface area contributed by atoms with Crippen molar-refractivity contribution < 1.29 is 4.79 Å². The van der Waals surface area contributed by atoms with Crippen LogP contribution in [0.15, 0.2) is 12.1 Å². The molecule has 0 aliphatic rings. The highest BCUT2D eigenvalue weighted by Gasteiger charge is 2.15. The molecule has 1 aromatic heterocycles. The lowest BCUT2D eigenvalue weighted by Crippen LogP contribution is -2.31. The fourth-order valence-corrected chi connectivity index (χ4v) is 2.29. The summed E-state index contributed by atoms with van der Waals surface area (Å²) in [6.07, 6.45) is 3.96. The van der Waals surface area contributed by atoms with E-state index in [0.29, 0.717) is 0 Å². The smallest absolute Gasteiger partial charge is 0.254 e. The Morgan fingerprint density at radius 1 is 1.14 bits per heavy atom. The van der Waals surface area contributed by atoms with Crippen molar-refractivity contribution >= 4 is 11.7 Å². The van der Waals surface area contributed by atoms with Crippen molar-refractivity contribution in [2.45, 2.75) is 53.4 Å². The van der Waals surface area contributed by atoms with Crippen LogP contribution in [0.3, 0.4) is 0 Å². The highest BCUT2D eigenvalue weighted by atomic mass is 16.2. The normalized spacial score (nSPS) is 10.5. The number of nitrogens with one attached hydrogen (secondary N) is 1. The van der Waals surface area contributed by atoms with Crippen molar-refractivity contribution in [2.75, 3.05) is 25.0 Å². The predicted molar refractivity (Wildman–Crippen MR) is 88.9 cm³/mol. The zero-order valence-electron chi connectivity index (χ0n) is 13.9. The van der Waals surface area contributed by atoms with Crippen molar-refractivity contribution in [3.8, 4) is 0 Å². The van der Waals surface area contributed by atoms with Gasteiger partial charge in [0.1, 0.15) is 5.82 Å². The van der Waals surface area contributed by atoms with Crippen LogP contribution in [0.25, 0.3) is 0 Å². The SMILES string of the molecule is CCCNc1cc(C(=O)N(CC)CCC)cc(CCC)n1. The quantitative estimate of drug-likeness (QED) is 0.754. The van der Waals surface area contributed by atoms with Gasteiger partial charge in [-0.1, -0.05) is 27.2 Å². The number of rotatable bonds is 9. The van der Waals surface area contributed by atoms with Gasteiger partial charge in [-0.25, -0.2) is 4.98 Å². The van der Waals surface area contributed by atoms with E-state index in [0.717, 1.165) is 62.4 Å². The van der Waals surface area contributed by atoms with Crippen LogP contribution >= 0.6 is 0 Å². The molecule has 21 heavy (non-hydrogen) atoms. The van der Waals surface area contributed by atoms with Gasteiger partial charge in [0.2, 0.25) is 0 Å². The Balaban J connectivity index is 3.02. The molecule has 0 aliphatic heterocycles. The number of pyridine rings is 1. The van der Waals surface area contributed by atoms with Crippen molar-refractivity contribution in [3.05, 3.63) is 23.4 Å². The van der Waals surface area contributed by atoms with Gasteiger partial charge in [0.05, 0.1) is 0 Å². The summed E-state index contributed by atoms with van der Waals surface area (Å²) in [5, 5.41) is 3.30. The van der Waals surface area contributed by atoms with Gasteiger partial charge in [-0.3, -0.25) is 4.79 Å². The molecule has 0 aromatic carbocycles. The van der Waals surface area contributed by atoms with Gasteiger partial charge in [0.25, 0.3) is 5.91 Å². The van der Waals surface area contributed by atoms with Crippen LogP contribution in [0, 0.1) is 0 Å². The van der Waals surface area contributed by atoms with E-state index in [2.05, 4.69) is 31.1 Å². The van der Waals surface area contributed by atoms with Gasteiger partial charge in [-0.2, -0.15) is 0 Å². The number of carbonyl (C=O) groups is 1. The fraction of sp³-hybridized carbons (Fsp3) is 0.647. The third-order valence-electron chi connectivity index (χ3n) is 3.35. The number of carbonyl (C=O) groups excluding carboxylic acids is 1. The van der Waals surface area contributed by atoms with Crippen LogP contribution in [-0.4, -0.2) is 35.4 Å². The summed E-state index contributed by atoms with van der Waals surface area (Å²) in [5.74, 6) is 0.928. The zero-order chi connectivity index (χ0) is 15.7. The average Bonchev–Trinajstić information content (AvgIpc) is 2.50. The van der Waals surface area contributed by atoms with Gasteiger partial charge in [0, 0.05) is 30.9 Å². The minimum atomic E-state index is 0.110. The Hall–Kier alpha value is -1.58. The molecule has 1 heterocycles. The lowest BCUT2D eigenvalue weighted by Gasteiger charge is -2.21. The molecule has 0 spiro atoms. The van der Waals surface area contributed by atoms with Gasteiger partial charge in [-0.05, 0) is 38.3 Å². The van der Waals surface area contributed by atoms with E-state index in [1.54, 1.807) is 0 Å². The van der Waals surface area contributed by atoms with Crippen molar-refractivity contribution in [3.63, 3.8) is 0 Å². The van der Waals surface area contributed by atoms with Crippen molar-refractivity contribution in [2.24, 2.45) is 0 Å². The summed E-state index contributed by atoms with van der Waals surface area (Å²) in [5.41, 5.74) is 1.75. The summed E-state index contributed by atoms with van der Waals surface area (Å²) in [6.45, 7) is 10.8. The number of hydrogen-bond donors (Lipinski definition) is 1. The Labute approximate surface area is 129 Å². The fourth-order valence-electron chi connectivity index (χ4n) is 2.29. The maximum absolute atomic E-state index is 12.6. The number of anilines is 1. The second-order valence-electron chi connectivity index (χ2n) is 5.29. The van der Waals surface area contributed by atoms with E-state index in [1.807, 2.05) is 24.0 Å². The van der Waals surface area contributed by atoms with Crippen LogP contribution in [0.2, 0.25) is 0 Å². The van der Waals surface area contributed by atoms with E-state index in [1.165, 1.54) is 0 Å². The molecule has 0 bridgehead atoms. The van der Waals surface area contributed by atoms with Crippen LogP contribution in [0.5, 0.6) is 0 Å². The Morgan fingerprint density at radius 3 is 2.48 bits per heavy atom. The van der Waals surface area contributed by atoms with E-state index >= 15 is 0 Å². The first kappa shape index (κ1) is 17.5.